The Morgan fingerprint density at radius 1 is 1.22 bits per heavy atom. The van der Waals surface area contributed by atoms with Gasteiger partial charge in [-0.15, -0.1) is 12.6 Å². The zero-order valence-corrected chi connectivity index (χ0v) is 14.7. The van der Waals surface area contributed by atoms with E-state index in [9.17, 15) is 9.36 Å². The van der Waals surface area contributed by atoms with Gasteiger partial charge in [0.2, 0.25) is 0 Å². The zero-order valence-electron chi connectivity index (χ0n) is 12.9. The first kappa shape index (κ1) is 18.2. The predicted octanol–water partition coefficient (Wildman–Crippen LogP) is 3.57. The lowest BCUT2D eigenvalue weighted by Crippen LogP contribution is -2.22. The molecule has 2 N–H and O–H groups in total. The smallest absolute Gasteiger partial charge is 0.303 e. The third kappa shape index (κ3) is 4.66. The van der Waals surface area contributed by atoms with E-state index in [0.29, 0.717) is 5.56 Å². The van der Waals surface area contributed by atoms with Crippen molar-refractivity contribution in [3.63, 3.8) is 0 Å². The van der Waals surface area contributed by atoms with Crippen molar-refractivity contribution in [3.8, 4) is 0 Å². The average Bonchev–Trinajstić information content (AvgIpc) is 2.42. The molecule has 0 heterocycles. The van der Waals surface area contributed by atoms with Crippen LogP contribution in [0.1, 0.15) is 31.4 Å². The summed E-state index contributed by atoms with van der Waals surface area (Å²) in [6.45, 7) is 3.56. The highest BCUT2D eigenvalue weighted by Gasteiger charge is 2.27. The molecular weight excluding hydrogens is 335 g/mol. The quantitative estimate of drug-likeness (QED) is 0.546. The number of carbonyl (C=O) groups excluding carboxylic acids is 1. The molecule has 0 spiro atoms. The fourth-order valence-corrected chi connectivity index (χ4v) is 3.44. The lowest BCUT2D eigenvalue weighted by Gasteiger charge is -2.27. The Balaban J connectivity index is 2.59. The van der Waals surface area contributed by atoms with E-state index in [2.05, 4.69) is 12.6 Å². The van der Waals surface area contributed by atoms with Crippen LogP contribution in [0.15, 0.2) is 36.4 Å². The van der Waals surface area contributed by atoms with Crippen LogP contribution in [0.3, 0.4) is 0 Å². The fourth-order valence-electron chi connectivity index (χ4n) is 2.75. The molecule has 0 aliphatic carbocycles. The van der Waals surface area contributed by atoms with Gasteiger partial charge in [-0.1, -0.05) is 50.2 Å². The first-order valence-corrected chi connectivity index (χ1v) is 9.01. The highest BCUT2D eigenvalue weighted by Crippen LogP contribution is 2.40. The molecule has 0 aromatic heterocycles. The van der Waals surface area contributed by atoms with Crippen molar-refractivity contribution in [1.82, 2.24) is 0 Å². The SMILES string of the molecule is CC(C)(CC(=O)S)c1ccc2ccccc2c1COP(=O)(O)O. The summed E-state index contributed by atoms with van der Waals surface area (Å²) in [4.78, 5) is 29.5. The van der Waals surface area contributed by atoms with Gasteiger partial charge in [-0.05, 0) is 27.3 Å². The average molecular weight is 354 g/mol. The molecule has 0 amide bonds. The lowest BCUT2D eigenvalue weighted by atomic mass is 9.78. The molecule has 5 nitrogen and oxygen atoms in total. The molecule has 0 bridgehead atoms. The van der Waals surface area contributed by atoms with Gasteiger partial charge in [-0.3, -0.25) is 9.32 Å². The van der Waals surface area contributed by atoms with Crippen LogP contribution in [0.25, 0.3) is 10.8 Å². The summed E-state index contributed by atoms with van der Waals surface area (Å²) < 4.78 is 15.8. The summed E-state index contributed by atoms with van der Waals surface area (Å²) in [6, 6.07) is 11.3. The Morgan fingerprint density at radius 2 is 1.87 bits per heavy atom. The largest absolute Gasteiger partial charge is 0.469 e. The Bertz CT molecular complexity index is 781. The van der Waals surface area contributed by atoms with Gasteiger partial charge in [0, 0.05) is 6.42 Å². The van der Waals surface area contributed by atoms with E-state index in [4.69, 9.17) is 14.3 Å². The van der Waals surface area contributed by atoms with E-state index >= 15 is 0 Å². The molecule has 0 aliphatic rings. The van der Waals surface area contributed by atoms with Crippen molar-refractivity contribution in [2.75, 3.05) is 0 Å². The van der Waals surface area contributed by atoms with Crippen molar-refractivity contribution in [2.45, 2.75) is 32.3 Å². The number of phosphoric ester groups is 1. The zero-order chi connectivity index (χ0) is 17.3. The summed E-state index contributed by atoms with van der Waals surface area (Å²) >= 11 is 3.85. The molecule has 7 heteroatoms. The summed E-state index contributed by atoms with van der Waals surface area (Å²) in [5.74, 6) is 0. The third-order valence-corrected chi connectivity index (χ3v) is 4.36. The molecule has 0 atom stereocenters. The van der Waals surface area contributed by atoms with Gasteiger partial charge in [-0.2, -0.15) is 0 Å². The molecule has 23 heavy (non-hydrogen) atoms. The van der Waals surface area contributed by atoms with Crippen LogP contribution in [-0.4, -0.2) is 14.9 Å². The monoisotopic (exact) mass is 354 g/mol. The van der Waals surface area contributed by atoms with Gasteiger partial charge >= 0.3 is 7.82 Å². The van der Waals surface area contributed by atoms with E-state index in [0.717, 1.165) is 16.3 Å². The Labute approximate surface area is 140 Å². The van der Waals surface area contributed by atoms with Crippen LogP contribution in [0, 0.1) is 0 Å². The molecule has 0 radical (unpaired) electrons. The second-order valence-corrected chi connectivity index (χ2v) is 7.77. The molecule has 0 saturated carbocycles. The number of hydrogen-bond donors (Lipinski definition) is 3. The number of thiol groups is 1. The number of hydrogen-bond acceptors (Lipinski definition) is 3. The minimum atomic E-state index is -4.59. The minimum Gasteiger partial charge on any atom is -0.303 e. The standard InChI is InChI=1S/C16H19O5PS/c1-16(2,9-15(17)23)14-8-7-11-5-3-4-6-12(11)13(14)10-21-22(18,19)20/h3-8H,9-10H2,1-2H3,(H,17,23)(H2,18,19,20). The van der Waals surface area contributed by atoms with Gasteiger partial charge in [0.1, 0.15) is 0 Å². The fraction of sp³-hybridized carbons (Fsp3) is 0.312. The van der Waals surface area contributed by atoms with E-state index in [1.165, 1.54) is 0 Å². The summed E-state index contributed by atoms with van der Waals surface area (Å²) in [5.41, 5.74) is 0.953. The van der Waals surface area contributed by atoms with Crippen molar-refractivity contribution < 1.29 is 23.7 Å². The third-order valence-electron chi connectivity index (χ3n) is 3.74. The molecule has 2 aromatic rings. The molecule has 0 fully saturated rings. The van der Waals surface area contributed by atoms with Crippen LogP contribution in [0.5, 0.6) is 0 Å². The van der Waals surface area contributed by atoms with Gasteiger partial charge in [0.05, 0.1) is 6.61 Å². The second kappa shape index (κ2) is 6.75. The van der Waals surface area contributed by atoms with Crippen LogP contribution in [0.2, 0.25) is 0 Å². The second-order valence-electron chi connectivity index (χ2n) is 6.03. The van der Waals surface area contributed by atoms with E-state index < -0.39 is 13.2 Å². The van der Waals surface area contributed by atoms with E-state index in [1.807, 2.05) is 50.2 Å². The topological polar surface area (TPSA) is 83.8 Å². The van der Waals surface area contributed by atoms with Crippen LogP contribution < -0.4 is 0 Å². The Morgan fingerprint density at radius 3 is 2.48 bits per heavy atom. The first-order chi connectivity index (χ1) is 10.6. The van der Waals surface area contributed by atoms with Crippen LogP contribution in [-0.2, 0) is 25.9 Å². The van der Waals surface area contributed by atoms with Gasteiger partial charge in [0.15, 0.2) is 5.12 Å². The molecule has 0 unspecified atom stereocenters. The molecule has 0 saturated heterocycles. The lowest BCUT2D eigenvalue weighted by molar-refractivity contribution is -0.111. The molecule has 0 aliphatic heterocycles. The van der Waals surface area contributed by atoms with Crippen LogP contribution >= 0.6 is 20.5 Å². The number of carbonyl (C=O) groups is 1. The first-order valence-electron chi connectivity index (χ1n) is 7.03. The molecule has 2 aromatic carbocycles. The maximum absolute atomic E-state index is 11.4. The molecular formula is C16H19O5PS. The Hall–Kier alpha value is -1.17. The van der Waals surface area contributed by atoms with Crippen molar-refractivity contribution >= 4 is 36.3 Å². The number of phosphoric acid groups is 1. The normalized spacial score (nSPS) is 12.6. The molecule has 2 rings (SSSR count). The highest BCUT2D eigenvalue weighted by atomic mass is 32.1. The summed E-state index contributed by atoms with van der Waals surface area (Å²) in [5, 5.41) is 1.54. The minimum absolute atomic E-state index is 0.206. The number of rotatable bonds is 6. The molecule has 124 valence electrons. The van der Waals surface area contributed by atoms with Crippen LogP contribution in [0.4, 0.5) is 0 Å². The number of benzene rings is 2. The van der Waals surface area contributed by atoms with Gasteiger partial charge < -0.3 is 9.79 Å². The highest BCUT2D eigenvalue weighted by molar-refractivity contribution is 7.96. The Kier molecular flexibility index (Phi) is 5.33. The van der Waals surface area contributed by atoms with Gasteiger partial charge in [-0.25, -0.2) is 4.57 Å². The van der Waals surface area contributed by atoms with Crippen molar-refractivity contribution in [3.05, 3.63) is 47.5 Å². The van der Waals surface area contributed by atoms with Crippen molar-refractivity contribution in [1.29, 1.82) is 0 Å². The predicted molar refractivity (Wildman–Crippen MR) is 92.4 cm³/mol. The van der Waals surface area contributed by atoms with Crippen molar-refractivity contribution in [2.24, 2.45) is 0 Å². The summed E-state index contributed by atoms with van der Waals surface area (Å²) in [7, 11) is -4.59. The van der Waals surface area contributed by atoms with Gasteiger partial charge in [0.25, 0.3) is 0 Å². The van der Waals surface area contributed by atoms with E-state index in [-0.39, 0.29) is 18.1 Å². The van der Waals surface area contributed by atoms with E-state index in [1.54, 1.807) is 0 Å². The summed E-state index contributed by atoms with van der Waals surface area (Å²) in [6.07, 6.45) is 0.206. The maximum atomic E-state index is 11.4. The number of fused-ring (bicyclic) bond motifs is 1. The maximum Gasteiger partial charge on any atom is 0.469 e.